The van der Waals surface area contributed by atoms with Crippen LogP contribution in [0.3, 0.4) is 0 Å². The summed E-state index contributed by atoms with van der Waals surface area (Å²) in [6.45, 7) is 27.7. The number of esters is 1. The Labute approximate surface area is 329 Å². The third-order valence-corrected chi connectivity index (χ3v) is 17.4. The van der Waals surface area contributed by atoms with Crippen LogP contribution in [0.4, 0.5) is 0 Å². The number of hydrogen-bond acceptors (Lipinski definition) is 4. The summed E-state index contributed by atoms with van der Waals surface area (Å²) in [4.78, 5) is 28.6. The summed E-state index contributed by atoms with van der Waals surface area (Å²) in [6.07, 6.45) is 26.9. The summed E-state index contributed by atoms with van der Waals surface area (Å²) in [5, 5.41) is 11.1. The van der Waals surface area contributed by atoms with E-state index in [9.17, 15) is 14.7 Å². The number of ketones is 1. The Bertz CT molecular complexity index is 1710. The number of rotatable bonds is 7. The maximum absolute atomic E-state index is 14.7. The molecule has 0 aliphatic heterocycles. The molecule has 298 valence electrons. The van der Waals surface area contributed by atoms with Gasteiger partial charge >= 0.3 is 5.97 Å². The second-order valence-electron chi connectivity index (χ2n) is 21.7. The third-order valence-electron chi connectivity index (χ3n) is 17.4. The van der Waals surface area contributed by atoms with Crippen LogP contribution in [0.15, 0.2) is 70.4 Å². The topological polar surface area (TPSA) is 63.6 Å². The Morgan fingerprint density at radius 1 is 0.889 bits per heavy atom. The Kier molecular flexibility index (Phi) is 10.8. The zero-order chi connectivity index (χ0) is 39.7. The molecule has 1 unspecified atom stereocenters. The molecular formula is C50H74O4. The van der Waals surface area contributed by atoms with Crippen molar-refractivity contribution in [3.05, 3.63) is 70.4 Å². The maximum Gasteiger partial charge on any atom is 0.312 e. The van der Waals surface area contributed by atoms with Gasteiger partial charge in [-0.25, -0.2) is 0 Å². The van der Waals surface area contributed by atoms with E-state index >= 15 is 0 Å². The predicted molar refractivity (Wildman–Crippen MR) is 223 cm³/mol. The minimum Gasteiger partial charge on any atom is -0.461 e. The fourth-order valence-electron chi connectivity index (χ4n) is 13.5. The lowest BCUT2D eigenvalue weighted by Crippen LogP contribution is -2.66. The quantitative estimate of drug-likeness (QED) is 0.209. The first-order valence-corrected chi connectivity index (χ1v) is 21.6. The largest absolute Gasteiger partial charge is 0.461 e. The Hall–Kier alpha value is -2.46. The van der Waals surface area contributed by atoms with Crippen molar-refractivity contribution in [1.82, 2.24) is 0 Å². The molecule has 6 aliphatic carbocycles. The van der Waals surface area contributed by atoms with Gasteiger partial charge in [0.1, 0.15) is 6.61 Å². The first kappa shape index (κ1) is 41.2. The minimum absolute atomic E-state index is 0.0376. The molecule has 0 saturated heterocycles. The molecule has 1 N–H and O–H groups in total. The van der Waals surface area contributed by atoms with Crippen molar-refractivity contribution >= 4 is 11.8 Å². The molecule has 54 heavy (non-hydrogen) atoms. The van der Waals surface area contributed by atoms with E-state index in [2.05, 4.69) is 120 Å². The molecule has 6 rings (SSSR count). The zero-order valence-electron chi connectivity index (χ0n) is 36.2. The van der Waals surface area contributed by atoms with E-state index in [1.165, 1.54) is 41.6 Å². The van der Waals surface area contributed by atoms with Crippen LogP contribution in [0.5, 0.6) is 0 Å². The number of aliphatic hydroxyl groups excluding tert-OH is 1. The van der Waals surface area contributed by atoms with Gasteiger partial charge in [-0.1, -0.05) is 108 Å². The van der Waals surface area contributed by atoms with Gasteiger partial charge in [0.15, 0.2) is 5.78 Å². The van der Waals surface area contributed by atoms with E-state index in [0.717, 1.165) is 63.4 Å². The number of hydrogen-bond donors (Lipinski definition) is 1. The Balaban J connectivity index is 1.14. The summed E-state index contributed by atoms with van der Waals surface area (Å²) >= 11 is 0. The second kappa shape index (κ2) is 14.2. The van der Waals surface area contributed by atoms with Crippen molar-refractivity contribution in [2.24, 2.45) is 55.7 Å². The van der Waals surface area contributed by atoms with Gasteiger partial charge in [0.05, 0.1) is 11.5 Å². The van der Waals surface area contributed by atoms with Gasteiger partial charge in [0.25, 0.3) is 0 Å². The molecule has 4 saturated carbocycles. The first-order chi connectivity index (χ1) is 25.0. The van der Waals surface area contributed by atoms with Gasteiger partial charge in [0, 0.05) is 5.92 Å². The highest BCUT2D eigenvalue weighted by Crippen LogP contribution is 2.75. The van der Waals surface area contributed by atoms with Crippen LogP contribution >= 0.6 is 0 Å². The van der Waals surface area contributed by atoms with Crippen LogP contribution in [0, 0.1) is 55.7 Å². The second-order valence-corrected chi connectivity index (χ2v) is 21.7. The normalized spacial score (nSPS) is 42.2. The fourth-order valence-corrected chi connectivity index (χ4v) is 13.5. The van der Waals surface area contributed by atoms with Crippen molar-refractivity contribution in [1.29, 1.82) is 0 Å². The van der Waals surface area contributed by atoms with Gasteiger partial charge in [-0.05, 0) is 167 Å². The van der Waals surface area contributed by atoms with Crippen LogP contribution in [0.1, 0.15) is 160 Å². The number of aliphatic hydroxyl groups is 1. The average molecular weight is 739 g/mol. The zero-order valence-corrected chi connectivity index (χ0v) is 36.2. The van der Waals surface area contributed by atoms with E-state index in [1.807, 2.05) is 6.08 Å². The molecule has 0 bridgehead atoms. The average Bonchev–Trinajstić information content (AvgIpc) is 3.07. The maximum atomic E-state index is 14.7. The van der Waals surface area contributed by atoms with Gasteiger partial charge < -0.3 is 9.84 Å². The number of allylic oxidation sites excluding steroid dienone is 11. The lowest BCUT2D eigenvalue weighted by molar-refractivity contribution is -0.202. The molecule has 6 aliphatic rings. The van der Waals surface area contributed by atoms with E-state index in [0.29, 0.717) is 11.7 Å². The molecule has 0 aromatic heterocycles. The first-order valence-electron chi connectivity index (χ1n) is 21.6. The van der Waals surface area contributed by atoms with Crippen LogP contribution in [-0.2, 0) is 14.3 Å². The van der Waals surface area contributed by atoms with Crippen molar-refractivity contribution < 1.29 is 19.4 Å². The van der Waals surface area contributed by atoms with Gasteiger partial charge in [-0.2, -0.15) is 0 Å². The molecule has 0 amide bonds. The van der Waals surface area contributed by atoms with Crippen LogP contribution in [0.2, 0.25) is 0 Å². The molecule has 0 aromatic rings. The molecule has 4 heteroatoms. The standard InChI is InChI=1S/C50H74O4/c1-33(18-19-36-35(3)17-14-23-44(36,4)5)15-13-16-34(2)22-30-54-43(53)47(9)27-26-46(8)28-29-49(11)37(38(46)32-47)31-39(51)42-48(10)24-21-41(52)45(6,7)40(48)20-25-50(42,49)12/h13,15-16,18-19,22,31,38,40-42,52H,14,17,20-21,23-30,32H2,1-12H3/b16-13+,19-18+,33-15+,34-22+/t38-,40?,41-,42+,46+,47-,48-,49+,50+/m0/s1. The van der Waals surface area contributed by atoms with E-state index < -0.39 is 5.41 Å². The number of carbonyl (C=O) groups excluding carboxylic acids is 2. The van der Waals surface area contributed by atoms with Gasteiger partial charge in [0.2, 0.25) is 0 Å². The summed E-state index contributed by atoms with van der Waals surface area (Å²) in [5.41, 5.74) is 5.77. The highest BCUT2D eigenvalue weighted by atomic mass is 16.5. The van der Waals surface area contributed by atoms with Crippen LogP contribution in [-0.4, -0.2) is 29.6 Å². The SMILES string of the molecule is CC1=C(/C=C/C(C)=C/C=C/C(C)=C/COC(=O)[C@@]2(C)CC[C@]3(C)CC[C@]4(C)C(=CC(=O)[C@@H]5[C@@]6(C)CC[C@H](O)C(C)(C)C6CC[C@]54C)[C@@H]3C2)C(C)(C)CCC1. The van der Waals surface area contributed by atoms with Crippen LogP contribution < -0.4 is 0 Å². The molecular weight excluding hydrogens is 665 g/mol. The number of ether oxygens (including phenoxy) is 1. The molecule has 0 aromatic carbocycles. The lowest BCUT2D eigenvalue weighted by Gasteiger charge is -2.70. The van der Waals surface area contributed by atoms with E-state index in [-0.39, 0.29) is 63.0 Å². The summed E-state index contributed by atoms with van der Waals surface area (Å²) in [6, 6.07) is 0. The highest BCUT2D eigenvalue weighted by molar-refractivity contribution is 5.95. The van der Waals surface area contributed by atoms with Gasteiger partial charge in [-0.15, -0.1) is 0 Å². The lowest BCUT2D eigenvalue weighted by atomic mass is 9.33. The number of fused-ring (bicyclic) bond motifs is 7. The molecule has 4 fully saturated rings. The molecule has 4 nitrogen and oxygen atoms in total. The third kappa shape index (κ3) is 6.75. The summed E-state index contributed by atoms with van der Waals surface area (Å²) < 4.78 is 6.03. The molecule has 0 spiro atoms. The molecule has 9 atom stereocenters. The smallest absolute Gasteiger partial charge is 0.312 e. The van der Waals surface area contributed by atoms with Crippen molar-refractivity contribution in [2.75, 3.05) is 6.61 Å². The van der Waals surface area contributed by atoms with Crippen LogP contribution in [0.25, 0.3) is 0 Å². The molecule has 0 radical (unpaired) electrons. The summed E-state index contributed by atoms with van der Waals surface area (Å²) in [7, 11) is 0. The highest BCUT2D eigenvalue weighted by Gasteiger charge is 2.70. The van der Waals surface area contributed by atoms with Crippen molar-refractivity contribution in [3.8, 4) is 0 Å². The van der Waals surface area contributed by atoms with E-state index in [1.54, 1.807) is 0 Å². The predicted octanol–water partition coefficient (Wildman–Crippen LogP) is 12.4. The van der Waals surface area contributed by atoms with Gasteiger partial charge in [-0.3, -0.25) is 9.59 Å². The van der Waals surface area contributed by atoms with E-state index in [4.69, 9.17) is 4.74 Å². The van der Waals surface area contributed by atoms with Crippen molar-refractivity contribution in [2.45, 2.75) is 166 Å². The monoisotopic (exact) mass is 739 g/mol. The van der Waals surface area contributed by atoms with Crippen molar-refractivity contribution in [3.63, 3.8) is 0 Å². The Morgan fingerprint density at radius 3 is 2.30 bits per heavy atom. The Morgan fingerprint density at radius 2 is 1.59 bits per heavy atom. The summed E-state index contributed by atoms with van der Waals surface area (Å²) in [5.74, 6) is 0.674. The fraction of sp³-hybridized carbons (Fsp3) is 0.720. The minimum atomic E-state index is -0.582. The number of carbonyl (C=O) groups is 2. The molecule has 0 heterocycles.